The number of anilines is 1. The van der Waals surface area contributed by atoms with E-state index in [1.807, 2.05) is 13.0 Å². The number of nitrogens with zero attached hydrogens (tertiary/aromatic N) is 2. The summed E-state index contributed by atoms with van der Waals surface area (Å²) >= 11 is 0. The Bertz CT molecular complexity index is 554. The lowest BCUT2D eigenvalue weighted by molar-refractivity contribution is 0.0951. The normalized spacial score (nSPS) is 14.9. The largest absolute Gasteiger partial charge is 0.450 e. The van der Waals surface area contributed by atoms with Crippen molar-refractivity contribution in [2.24, 2.45) is 0 Å². The number of nitrogens with one attached hydrogen (secondary N) is 2. The molecule has 0 atom stereocenters. The van der Waals surface area contributed by atoms with E-state index in [1.54, 1.807) is 17.2 Å². The molecule has 0 bridgehead atoms. The average molecular weight is 348 g/mol. The topological polar surface area (TPSA) is 83.6 Å². The Morgan fingerprint density at radius 1 is 1.28 bits per heavy atom. The van der Waals surface area contributed by atoms with E-state index in [4.69, 9.17) is 4.74 Å². The van der Waals surface area contributed by atoms with E-state index in [0.29, 0.717) is 31.8 Å². The molecular formula is C18H28N4O3. The van der Waals surface area contributed by atoms with Crippen LogP contribution in [0.15, 0.2) is 18.3 Å². The first-order valence-electron chi connectivity index (χ1n) is 9.06. The summed E-state index contributed by atoms with van der Waals surface area (Å²) in [7, 11) is 0. The molecule has 0 aliphatic carbocycles. The van der Waals surface area contributed by atoms with Gasteiger partial charge < -0.3 is 20.3 Å². The van der Waals surface area contributed by atoms with Crippen molar-refractivity contribution in [3.63, 3.8) is 0 Å². The lowest BCUT2D eigenvalue weighted by Crippen LogP contribution is -2.42. The van der Waals surface area contributed by atoms with Crippen LogP contribution >= 0.6 is 0 Å². The smallest absolute Gasteiger partial charge is 0.409 e. The van der Waals surface area contributed by atoms with Crippen LogP contribution in [-0.2, 0) is 4.74 Å². The Balaban J connectivity index is 1.78. The molecule has 1 fully saturated rings. The highest BCUT2D eigenvalue weighted by Crippen LogP contribution is 2.16. The number of carbonyl (C=O) groups excluding carboxylic acids is 2. The quantitative estimate of drug-likeness (QED) is 0.740. The third-order valence-electron chi connectivity index (χ3n) is 4.21. The third-order valence-corrected chi connectivity index (χ3v) is 4.21. The standard InChI is InChI=1S/C18H28N4O3/c1-3-5-10-19-17(23)14-6-7-16(20-13-14)21-15-8-11-22(12-9-15)18(24)25-4-2/h6-7,13,15H,3-5,8-12H2,1-2H3,(H,19,23)(H,20,21). The van der Waals surface area contributed by atoms with Crippen LogP contribution in [0, 0.1) is 0 Å². The Kier molecular flexibility index (Phi) is 7.50. The molecule has 25 heavy (non-hydrogen) atoms. The van der Waals surface area contributed by atoms with E-state index in [1.165, 1.54) is 0 Å². The summed E-state index contributed by atoms with van der Waals surface area (Å²) in [4.78, 5) is 29.7. The van der Waals surface area contributed by atoms with Crippen molar-refractivity contribution in [3.05, 3.63) is 23.9 Å². The van der Waals surface area contributed by atoms with Crippen LogP contribution in [0.1, 0.15) is 49.9 Å². The molecule has 2 heterocycles. The number of likely N-dealkylation sites (tertiary alicyclic amines) is 1. The molecule has 2 rings (SSSR count). The number of hydrogen-bond acceptors (Lipinski definition) is 5. The van der Waals surface area contributed by atoms with Crippen LogP contribution < -0.4 is 10.6 Å². The van der Waals surface area contributed by atoms with Crippen molar-refractivity contribution in [2.75, 3.05) is 31.6 Å². The Labute approximate surface area is 149 Å². The van der Waals surface area contributed by atoms with Gasteiger partial charge in [-0.1, -0.05) is 13.3 Å². The number of ether oxygens (including phenoxy) is 1. The maximum atomic E-state index is 12.0. The van der Waals surface area contributed by atoms with Gasteiger partial charge in [-0.2, -0.15) is 0 Å². The van der Waals surface area contributed by atoms with Gasteiger partial charge in [-0.05, 0) is 38.3 Å². The minimum atomic E-state index is -0.238. The van der Waals surface area contributed by atoms with Crippen LogP contribution in [0.3, 0.4) is 0 Å². The number of amides is 2. The highest BCUT2D eigenvalue weighted by Gasteiger charge is 2.23. The molecule has 0 saturated carbocycles. The summed E-state index contributed by atoms with van der Waals surface area (Å²) in [6.45, 7) is 6.34. The van der Waals surface area contributed by atoms with Gasteiger partial charge in [0.05, 0.1) is 12.2 Å². The molecule has 0 aromatic carbocycles. The zero-order valence-electron chi connectivity index (χ0n) is 15.1. The molecule has 7 nitrogen and oxygen atoms in total. The summed E-state index contributed by atoms with van der Waals surface area (Å²) in [5.74, 6) is 0.662. The monoisotopic (exact) mass is 348 g/mol. The third kappa shape index (κ3) is 5.92. The van der Waals surface area contributed by atoms with Crippen molar-refractivity contribution < 1.29 is 14.3 Å². The van der Waals surface area contributed by atoms with Crippen LogP contribution in [0.4, 0.5) is 10.6 Å². The Morgan fingerprint density at radius 3 is 2.64 bits per heavy atom. The summed E-state index contributed by atoms with van der Waals surface area (Å²) in [6, 6.07) is 3.87. The molecular weight excluding hydrogens is 320 g/mol. The number of aromatic nitrogens is 1. The number of pyridine rings is 1. The van der Waals surface area contributed by atoms with Crippen molar-refractivity contribution in [3.8, 4) is 0 Å². The van der Waals surface area contributed by atoms with Crippen LogP contribution in [0.25, 0.3) is 0 Å². The van der Waals surface area contributed by atoms with Gasteiger partial charge in [-0.15, -0.1) is 0 Å². The number of unbranched alkanes of at least 4 members (excludes halogenated alkanes) is 1. The minimum Gasteiger partial charge on any atom is -0.450 e. The minimum absolute atomic E-state index is 0.0877. The van der Waals surface area contributed by atoms with Gasteiger partial charge in [-0.25, -0.2) is 9.78 Å². The van der Waals surface area contributed by atoms with Gasteiger partial charge in [0.1, 0.15) is 5.82 Å². The van der Waals surface area contributed by atoms with Gasteiger partial charge in [0.2, 0.25) is 0 Å². The van der Waals surface area contributed by atoms with E-state index >= 15 is 0 Å². The average Bonchev–Trinajstić information content (AvgIpc) is 2.63. The zero-order valence-corrected chi connectivity index (χ0v) is 15.1. The Morgan fingerprint density at radius 2 is 2.04 bits per heavy atom. The lowest BCUT2D eigenvalue weighted by atomic mass is 10.1. The maximum Gasteiger partial charge on any atom is 0.409 e. The summed E-state index contributed by atoms with van der Waals surface area (Å²) in [5.41, 5.74) is 0.568. The molecule has 1 saturated heterocycles. The molecule has 0 unspecified atom stereocenters. The predicted molar refractivity (Wildman–Crippen MR) is 96.7 cm³/mol. The summed E-state index contributed by atoms with van der Waals surface area (Å²) in [5, 5.41) is 6.25. The molecule has 0 radical (unpaired) electrons. The van der Waals surface area contributed by atoms with E-state index in [-0.39, 0.29) is 18.0 Å². The van der Waals surface area contributed by atoms with Gasteiger partial charge >= 0.3 is 6.09 Å². The maximum absolute atomic E-state index is 12.0. The number of rotatable bonds is 7. The van der Waals surface area contributed by atoms with Gasteiger partial charge in [0, 0.05) is 31.9 Å². The number of carbonyl (C=O) groups is 2. The fourth-order valence-corrected chi connectivity index (χ4v) is 2.72. The highest BCUT2D eigenvalue weighted by atomic mass is 16.6. The second-order valence-corrected chi connectivity index (χ2v) is 6.15. The van der Waals surface area contributed by atoms with Crippen molar-refractivity contribution in [1.29, 1.82) is 0 Å². The molecule has 1 aliphatic heterocycles. The Hall–Kier alpha value is -2.31. The van der Waals surface area contributed by atoms with E-state index < -0.39 is 0 Å². The van der Waals surface area contributed by atoms with Gasteiger partial charge in [-0.3, -0.25) is 4.79 Å². The van der Waals surface area contributed by atoms with Gasteiger partial charge in [0.25, 0.3) is 5.91 Å². The number of hydrogen-bond donors (Lipinski definition) is 2. The first kappa shape index (κ1) is 19.0. The SMILES string of the molecule is CCCCNC(=O)c1ccc(NC2CCN(C(=O)OCC)CC2)nc1. The molecule has 1 aromatic heterocycles. The lowest BCUT2D eigenvalue weighted by Gasteiger charge is -2.31. The molecule has 2 N–H and O–H groups in total. The van der Waals surface area contributed by atoms with Crippen molar-refractivity contribution >= 4 is 17.8 Å². The second kappa shape index (κ2) is 9.86. The van der Waals surface area contributed by atoms with Crippen LogP contribution in [-0.4, -0.2) is 54.2 Å². The molecule has 0 spiro atoms. The molecule has 7 heteroatoms. The first-order valence-corrected chi connectivity index (χ1v) is 9.06. The zero-order chi connectivity index (χ0) is 18.1. The first-order chi connectivity index (χ1) is 12.1. The van der Waals surface area contributed by atoms with Crippen LogP contribution in [0.5, 0.6) is 0 Å². The fourth-order valence-electron chi connectivity index (χ4n) is 2.72. The van der Waals surface area contributed by atoms with Gasteiger partial charge in [0.15, 0.2) is 0 Å². The fraction of sp³-hybridized carbons (Fsp3) is 0.611. The molecule has 1 aromatic rings. The van der Waals surface area contributed by atoms with Crippen molar-refractivity contribution in [2.45, 2.75) is 45.6 Å². The molecule has 138 valence electrons. The molecule has 2 amide bonds. The second-order valence-electron chi connectivity index (χ2n) is 6.15. The van der Waals surface area contributed by atoms with E-state index in [0.717, 1.165) is 31.5 Å². The summed E-state index contributed by atoms with van der Waals surface area (Å²) in [6.07, 6.45) is 5.08. The predicted octanol–water partition coefficient (Wildman–Crippen LogP) is 2.64. The van der Waals surface area contributed by atoms with Crippen LogP contribution in [0.2, 0.25) is 0 Å². The van der Waals surface area contributed by atoms with E-state index in [9.17, 15) is 9.59 Å². The van der Waals surface area contributed by atoms with E-state index in [2.05, 4.69) is 22.5 Å². The highest BCUT2D eigenvalue weighted by molar-refractivity contribution is 5.94. The van der Waals surface area contributed by atoms with Crippen molar-refractivity contribution in [1.82, 2.24) is 15.2 Å². The number of piperidine rings is 1. The molecule has 1 aliphatic rings. The summed E-state index contributed by atoms with van der Waals surface area (Å²) < 4.78 is 5.02.